The fourth-order valence-electron chi connectivity index (χ4n) is 1.99. The number of nitrogens with two attached hydrogens (primary N) is 1. The van der Waals surface area contributed by atoms with Gasteiger partial charge in [-0.25, -0.2) is 0 Å². The predicted molar refractivity (Wildman–Crippen MR) is 89.0 cm³/mol. The van der Waals surface area contributed by atoms with Gasteiger partial charge in [0.05, 0.1) is 11.6 Å². The fourth-order valence-corrected chi connectivity index (χ4v) is 1.99. The number of aryl methyl sites for hydroxylation is 1. The number of halogens is 1. The summed E-state index contributed by atoms with van der Waals surface area (Å²) in [6, 6.07) is 7.77. The molecule has 0 aliphatic rings. The molecule has 0 saturated carbocycles. The molecule has 0 bridgehead atoms. The Bertz CT molecular complexity index is 450. The van der Waals surface area contributed by atoms with E-state index in [-0.39, 0.29) is 24.4 Å². The first-order chi connectivity index (χ1) is 9.35. The van der Waals surface area contributed by atoms with Crippen molar-refractivity contribution in [1.82, 2.24) is 5.32 Å². The maximum absolute atomic E-state index is 12.0. The first kappa shape index (κ1) is 19.7. The molecular formula is C16H27ClN2O2. The lowest BCUT2D eigenvalue weighted by Crippen LogP contribution is -2.54. The zero-order valence-electron chi connectivity index (χ0n) is 13.3. The minimum absolute atomic E-state index is 0. The van der Waals surface area contributed by atoms with Crippen LogP contribution in [-0.4, -0.2) is 24.1 Å². The van der Waals surface area contributed by atoms with Gasteiger partial charge in [0, 0.05) is 0 Å². The van der Waals surface area contributed by atoms with Gasteiger partial charge in [0.15, 0.2) is 0 Å². The van der Waals surface area contributed by atoms with Crippen molar-refractivity contribution in [3.8, 4) is 5.75 Å². The molecule has 1 aromatic rings. The average Bonchev–Trinajstić information content (AvgIpc) is 2.36. The van der Waals surface area contributed by atoms with Crippen molar-refractivity contribution in [2.75, 3.05) is 6.61 Å². The van der Waals surface area contributed by atoms with E-state index in [9.17, 15) is 4.79 Å². The van der Waals surface area contributed by atoms with E-state index in [0.29, 0.717) is 13.0 Å². The third kappa shape index (κ3) is 6.82. The van der Waals surface area contributed by atoms with Crippen molar-refractivity contribution >= 4 is 18.3 Å². The Balaban J connectivity index is 0.00000400. The largest absolute Gasteiger partial charge is 0.491 e. The van der Waals surface area contributed by atoms with E-state index in [1.54, 1.807) is 6.92 Å². The molecule has 2 atom stereocenters. The smallest absolute Gasteiger partial charge is 0.240 e. The number of nitrogens with one attached hydrogen (secondary N) is 1. The molecule has 2 unspecified atom stereocenters. The summed E-state index contributed by atoms with van der Waals surface area (Å²) in [6.45, 7) is 8.14. The molecule has 21 heavy (non-hydrogen) atoms. The van der Waals surface area contributed by atoms with Crippen LogP contribution in [0.2, 0.25) is 0 Å². The van der Waals surface area contributed by atoms with Gasteiger partial charge in [0.1, 0.15) is 12.4 Å². The highest BCUT2D eigenvalue weighted by molar-refractivity contribution is 5.86. The molecular weight excluding hydrogens is 288 g/mol. The quantitative estimate of drug-likeness (QED) is 0.813. The normalized spacial score (nSPS) is 14.5. The number of benzene rings is 1. The monoisotopic (exact) mass is 314 g/mol. The summed E-state index contributed by atoms with van der Waals surface area (Å²) in [7, 11) is 0. The minimum atomic E-state index is -0.813. The van der Waals surface area contributed by atoms with Gasteiger partial charge in [-0.05, 0) is 44.9 Å². The molecule has 3 N–H and O–H groups in total. The van der Waals surface area contributed by atoms with Crippen molar-refractivity contribution in [2.24, 2.45) is 5.73 Å². The molecule has 0 aliphatic carbocycles. The predicted octanol–water partition coefficient (Wildman–Crippen LogP) is 2.82. The molecule has 0 aliphatic heterocycles. The van der Waals surface area contributed by atoms with Crippen LogP contribution < -0.4 is 15.8 Å². The molecule has 0 saturated heterocycles. The van der Waals surface area contributed by atoms with E-state index < -0.39 is 5.54 Å². The summed E-state index contributed by atoms with van der Waals surface area (Å²) in [6.07, 6.45) is 1.55. The molecule has 120 valence electrons. The number of hydrogen-bond donors (Lipinski definition) is 2. The standard InChI is InChI=1S/C16H26N2O2.ClH/c1-5-9-16(4,17)15(19)18-13(3)11-20-14-8-6-7-12(2)10-14;/h6-8,10,13H,5,9,11,17H2,1-4H3,(H,18,19);1H. The number of ether oxygens (including phenoxy) is 1. The molecule has 0 spiro atoms. The number of carbonyl (C=O) groups is 1. The third-order valence-corrected chi connectivity index (χ3v) is 3.16. The highest BCUT2D eigenvalue weighted by Gasteiger charge is 2.28. The maximum atomic E-state index is 12.0. The minimum Gasteiger partial charge on any atom is -0.491 e. The molecule has 5 heteroatoms. The Kier molecular flexibility index (Phi) is 8.37. The molecule has 1 amide bonds. The summed E-state index contributed by atoms with van der Waals surface area (Å²) in [5.74, 6) is 0.690. The van der Waals surface area contributed by atoms with Crippen molar-refractivity contribution < 1.29 is 9.53 Å². The van der Waals surface area contributed by atoms with Gasteiger partial charge in [-0.2, -0.15) is 0 Å². The summed E-state index contributed by atoms with van der Waals surface area (Å²) in [5, 5.41) is 2.90. The Labute approximate surface area is 133 Å². The van der Waals surface area contributed by atoms with Crippen LogP contribution in [-0.2, 0) is 4.79 Å². The Morgan fingerprint density at radius 2 is 2.14 bits per heavy atom. The van der Waals surface area contributed by atoms with Gasteiger partial charge in [-0.3, -0.25) is 4.79 Å². The van der Waals surface area contributed by atoms with Gasteiger partial charge in [-0.15, -0.1) is 12.4 Å². The van der Waals surface area contributed by atoms with Crippen LogP contribution in [0, 0.1) is 6.92 Å². The number of amides is 1. The molecule has 1 aromatic carbocycles. The van der Waals surface area contributed by atoms with Gasteiger partial charge in [0.25, 0.3) is 0 Å². The van der Waals surface area contributed by atoms with E-state index in [1.807, 2.05) is 45.0 Å². The van der Waals surface area contributed by atoms with Crippen molar-refractivity contribution in [2.45, 2.75) is 52.1 Å². The van der Waals surface area contributed by atoms with E-state index >= 15 is 0 Å². The summed E-state index contributed by atoms with van der Waals surface area (Å²) in [4.78, 5) is 12.0. The highest BCUT2D eigenvalue weighted by atomic mass is 35.5. The van der Waals surface area contributed by atoms with Gasteiger partial charge in [-0.1, -0.05) is 25.5 Å². The topological polar surface area (TPSA) is 64.4 Å². The molecule has 0 radical (unpaired) electrons. The Morgan fingerprint density at radius 3 is 2.71 bits per heavy atom. The summed E-state index contributed by atoms with van der Waals surface area (Å²) < 4.78 is 5.67. The molecule has 0 aromatic heterocycles. The van der Waals surface area contributed by atoms with Crippen LogP contribution in [0.1, 0.15) is 39.2 Å². The van der Waals surface area contributed by atoms with Gasteiger partial charge < -0.3 is 15.8 Å². The molecule has 4 nitrogen and oxygen atoms in total. The van der Waals surface area contributed by atoms with Crippen LogP contribution in [0.4, 0.5) is 0 Å². The molecule has 0 fully saturated rings. The Morgan fingerprint density at radius 1 is 1.48 bits per heavy atom. The zero-order valence-corrected chi connectivity index (χ0v) is 14.1. The third-order valence-electron chi connectivity index (χ3n) is 3.16. The lowest BCUT2D eigenvalue weighted by molar-refractivity contribution is -0.126. The average molecular weight is 315 g/mol. The van der Waals surface area contributed by atoms with Crippen LogP contribution >= 0.6 is 12.4 Å². The van der Waals surface area contributed by atoms with Crippen molar-refractivity contribution in [1.29, 1.82) is 0 Å². The first-order valence-corrected chi connectivity index (χ1v) is 7.14. The number of carbonyl (C=O) groups excluding carboxylic acids is 1. The van der Waals surface area contributed by atoms with Crippen LogP contribution in [0.3, 0.4) is 0 Å². The lowest BCUT2D eigenvalue weighted by atomic mass is 9.96. The highest BCUT2D eigenvalue weighted by Crippen LogP contribution is 2.13. The zero-order chi connectivity index (χ0) is 15.2. The van der Waals surface area contributed by atoms with Crippen LogP contribution in [0.25, 0.3) is 0 Å². The maximum Gasteiger partial charge on any atom is 0.240 e. The lowest BCUT2D eigenvalue weighted by Gasteiger charge is -2.25. The molecule has 0 heterocycles. The molecule has 1 rings (SSSR count). The summed E-state index contributed by atoms with van der Waals surface area (Å²) in [5.41, 5.74) is 6.33. The fraction of sp³-hybridized carbons (Fsp3) is 0.562. The van der Waals surface area contributed by atoms with Crippen molar-refractivity contribution in [3.63, 3.8) is 0 Å². The number of hydrogen-bond acceptors (Lipinski definition) is 3. The van der Waals surface area contributed by atoms with E-state index in [1.165, 1.54) is 0 Å². The second-order valence-electron chi connectivity index (χ2n) is 5.67. The van der Waals surface area contributed by atoms with E-state index in [0.717, 1.165) is 17.7 Å². The van der Waals surface area contributed by atoms with Crippen LogP contribution in [0.5, 0.6) is 5.75 Å². The van der Waals surface area contributed by atoms with Crippen molar-refractivity contribution in [3.05, 3.63) is 29.8 Å². The van der Waals surface area contributed by atoms with Gasteiger partial charge in [0.2, 0.25) is 5.91 Å². The SMILES string of the molecule is CCCC(C)(N)C(=O)NC(C)COc1cccc(C)c1.Cl. The first-order valence-electron chi connectivity index (χ1n) is 7.14. The number of rotatable bonds is 7. The van der Waals surface area contributed by atoms with E-state index in [4.69, 9.17) is 10.5 Å². The van der Waals surface area contributed by atoms with E-state index in [2.05, 4.69) is 5.32 Å². The second kappa shape index (κ2) is 8.90. The summed E-state index contributed by atoms with van der Waals surface area (Å²) >= 11 is 0. The second-order valence-corrected chi connectivity index (χ2v) is 5.67. The van der Waals surface area contributed by atoms with Gasteiger partial charge >= 0.3 is 0 Å². The van der Waals surface area contributed by atoms with Crippen LogP contribution in [0.15, 0.2) is 24.3 Å². The Hall–Kier alpha value is -1.26.